The van der Waals surface area contributed by atoms with E-state index in [4.69, 9.17) is 0 Å². The molecule has 5 nitrogen and oxygen atoms in total. The van der Waals surface area contributed by atoms with Crippen molar-refractivity contribution in [1.29, 1.82) is 0 Å². The van der Waals surface area contributed by atoms with Crippen molar-refractivity contribution in [3.8, 4) is 0 Å². The highest BCUT2D eigenvalue weighted by atomic mass is 32.1. The van der Waals surface area contributed by atoms with Crippen molar-refractivity contribution >= 4 is 11.3 Å². The van der Waals surface area contributed by atoms with E-state index in [1.165, 1.54) is 43.4 Å². The second-order valence-corrected chi connectivity index (χ2v) is 7.06. The molecule has 1 saturated heterocycles. The summed E-state index contributed by atoms with van der Waals surface area (Å²) in [5, 5.41) is 14.9. The molecule has 2 aliphatic rings. The number of thiophene rings is 1. The van der Waals surface area contributed by atoms with Crippen LogP contribution in [0.15, 0.2) is 17.5 Å². The minimum atomic E-state index is 0.239. The maximum Gasteiger partial charge on any atom is 0.174 e. The first kappa shape index (κ1) is 13.4. The summed E-state index contributed by atoms with van der Waals surface area (Å²) in [4.78, 5) is 3.91. The molecule has 0 aromatic carbocycles. The van der Waals surface area contributed by atoms with Crippen molar-refractivity contribution in [3.63, 3.8) is 0 Å². The smallest absolute Gasteiger partial charge is 0.174 e. The maximum atomic E-state index is 4.43. The number of likely N-dealkylation sites (tertiary alicyclic amines) is 1. The molecule has 6 heteroatoms. The minimum absolute atomic E-state index is 0.239. The number of nitrogens with zero attached hydrogens (tertiary/aromatic N) is 5. The summed E-state index contributed by atoms with van der Waals surface area (Å²) >= 11 is 1.82. The van der Waals surface area contributed by atoms with E-state index in [1.807, 2.05) is 11.3 Å². The highest BCUT2D eigenvalue weighted by Gasteiger charge is 2.32. The summed E-state index contributed by atoms with van der Waals surface area (Å²) in [6.07, 6.45) is 7.61. The fourth-order valence-electron chi connectivity index (χ4n) is 3.71. The lowest BCUT2D eigenvalue weighted by Gasteiger charge is -2.26. The van der Waals surface area contributed by atoms with Gasteiger partial charge in [-0.05, 0) is 60.6 Å². The van der Waals surface area contributed by atoms with Crippen LogP contribution in [0.2, 0.25) is 0 Å². The van der Waals surface area contributed by atoms with E-state index < -0.39 is 0 Å². The molecular weight excluding hydrogens is 282 g/mol. The predicted molar refractivity (Wildman–Crippen MR) is 82.3 cm³/mol. The largest absolute Gasteiger partial charge is 0.289 e. The molecule has 4 rings (SSSR count). The molecule has 1 aliphatic carbocycles. The fraction of sp³-hybridized carbons (Fsp3) is 0.667. The SMILES string of the molecule is c1csc(C(c2nnnn2C2CCCC2)N2CCCC2)c1. The van der Waals surface area contributed by atoms with Gasteiger partial charge in [0.2, 0.25) is 0 Å². The van der Waals surface area contributed by atoms with Gasteiger partial charge >= 0.3 is 0 Å². The van der Waals surface area contributed by atoms with E-state index in [9.17, 15) is 0 Å². The summed E-state index contributed by atoms with van der Waals surface area (Å²) in [7, 11) is 0. The Balaban J connectivity index is 1.71. The van der Waals surface area contributed by atoms with Crippen LogP contribution in [-0.2, 0) is 0 Å². The third-order valence-corrected chi connectivity index (χ3v) is 5.68. The quantitative estimate of drug-likeness (QED) is 0.871. The highest BCUT2D eigenvalue weighted by molar-refractivity contribution is 7.10. The molecule has 0 spiro atoms. The Morgan fingerprint density at radius 3 is 2.67 bits per heavy atom. The molecule has 2 aromatic heterocycles. The molecule has 2 aromatic rings. The normalized spacial score (nSPS) is 22.1. The van der Waals surface area contributed by atoms with Crippen LogP contribution in [0.25, 0.3) is 0 Å². The van der Waals surface area contributed by atoms with Gasteiger partial charge in [0, 0.05) is 4.88 Å². The molecule has 1 unspecified atom stereocenters. The number of rotatable bonds is 4. The van der Waals surface area contributed by atoms with Gasteiger partial charge in [0.1, 0.15) is 6.04 Å². The Morgan fingerprint density at radius 1 is 1.14 bits per heavy atom. The van der Waals surface area contributed by atoms with Gasteiger partial charge in [0.25, 0.3) is 0 Å². The topological polar surface area (TPSA) is 46.8 Å². The predicted octanol–water partition coefficient (Wildman–Crippen LogP) is 3.03. The van der Waals surface area contributed by atoms with Crippen molar-refractivity contribution in [1.82, 2.24) is 25.1 Å². The van der Waals surface area contributed by atoms with E-state index >= 15 is 0 Å². The lowest BCUT2D eigenvalue weighted by Crippen LogP contribution is -2.29. The van der Waals surface area contributed by atoms with Crippen LogP contribution in [-0.4, -0.2) is 38.2 Å². The Labute approximate surface area is 129 Å². The lowest BCUT2D eigenvalue weighted by atomic mass is 10.1. The summed E-state index contributed by atoms with van der Waals surface area (Å²) in [5.41, 5.74) is 0. The third-order valence-electron chi connectivity index (χ3n) is 4.75. The summed E-state index contributed by atoms with van der Waals surface area (Å²) in [6.45, 7) is 2.31. The molecule has 0 N–H and O–H groups in total. The summed E-state index contributed by atoms with van der Waals surface area (Å²) in [5.74, 6) is 1.05. The maximum absolute atomic E-state index is 4.43. The molecule has 0 bridgehead atoms. The molecular formula is C15H21N5S. The standard InChI is InChI=1S/C15H21N5S/c1-2-7-12(6-1)20-15(16-17-18-20)14(13-8-5-11-21-13)19-9-3-4-10-19/h5,8,11-12,14H,1-4,6-7,9-10H2. The zero-order valence-electron chi connectivity index (χ0n) is 12.2. The molecule has 2 fully saturated rings. The zero-order chi connectivity index (χ0) is 14.1. The molecule has 112 valence electrons. The van der Waals surface area contributed by atoms with Crippen molar-refractivity contribution in [3.05, 3.63) is 28.2 Å². The van der Waals surface area contributed by atoms with Crippen LogP contribution in [0.5, 0.6) is 0 Å². The lowest BCUT2D eigenvalue weighted by molar-refractivity contribution is 0.260. The molecule has 3 heterocycles. The van der Waals surface area contributed by atoms with Crippen molar-refractivity contribution < 1.29 is 0 Å². The van der Waals surface area contributed by atoms with Crippen molar-refractivity contribution in [2.45, 2.75) is 50.6 Å². The second-order valence-electron chi connectivity index (χ2n) is 6.08. The van der Waals surface area contributed by atoms with Crippen LogP contribution >= 0.6 is 11.3 Å². The molecule has 1 aliphatic heterocycles. The van der Waals surface area contributed by atoms with Crippen molar-refractivity contribution in [2.75, 3.05) is 13.1 Å². The van der Waals surface area contributed by atoms with Crippen LogP contribution < -0.4 is 0 Å². The van der Waals surface area contributed by atoms with E-state index in [2.05, 4.69) is 42.6 Å². The van der Waals surface area contributed by atoms with Gasteiger partial charge in [-0.15, -0.1) is 16.4 Å². The van der Waals surface area contributed by atoms with Crippen LogP contribution in [0.1, 0.15) is 61.3 Å². The van der Waals surface area contributed by atoms with Crippen LogP contribution in [0.4, 0.5) is 0 Å². The molecule has 0 radical (unpaired) electrons. The van der Waals surface area contributed by atoms with Gasteiger partial charge in [0.15, 0.2) is 5.82 Å². The number of tetrazole rings is 1. The van der Waals surface area contributed by atoms with Gasteiger partial charge in [-0.2, -0.15) is 0 Å². The zero-order valence-corrected chi connectivity index (χ0v) is 13.0. The van der Waals surface area contributed by atoms with Gasteiger partial charge < -0.3 is 0 Å². The van der Waals surface area contributed by atoms with Crippen LogP contribution in [0.3, 0.4) is 0 Å². The molecule has 21 heavy (non-hydrogen) atoms. The summed E-state index contributed by atoms with van der Waals surface area (Å²) < 4.78 is 2.12. The number of hydrogen-bond donors (Lipinski definition) is 0. The van der Waals surface area contributed by atoms with E-state index in [1.54, 1.807) is 0 Å². The monoisotopic (exact) mass is 303 g/mol. The van der Waals surface area contributed by atoms with E-state index in [0.717, 1.165) is 18.9 Å². The first-order valence-electron chi connectivity index (χ1n) is 7.99. The Bertz CT molecular complexity index is 567. The number of hydrogen-bond acceptors (Lipinski definition) is 5. The Morgan fingerprint density at radius 2 is 1.95 bits per heavy atom. The van der Waals surface area contributed by atoms with Gasteiger partial charge in [0.05, 0.1) is 6.04 Å². The Hall–Kier alpha value is -1.27. The fourth-order valence-corrected chi connectivity index (χ4v) is 4.56. The average molecular weight is 303 g/mol. The third kappa shape index (κ3) is 2.51. The van der Waals surface area contributed by atoms with Gasteiger partial charge in [-0.1, -0.05) is 18.9 Å². The Kier molecular flexibility index (Phi) is 3.73. The summed E-state index contributed by atoms with van der Waals surface area (Å²) in [6, 6.07) is 5.09. The van der Waals surface area contributed by atoms with Gasteiger partial charge in [-0.25, -0.2) is 4.68 Å². The molecule has 1 saturated carbocycles. The molecule has 0 amide bonds. The van der Waals surface area contributed by atoms with Crippen LogP contribution in [0, 0.1) is 0 Å². The number of aromatic nitrogens is 4. The first-order valence-corrected chi connectivity index (χ1v) is 8.86. The van der Waals surface area contributed by atoms with E-state index in [-0.39, 0.29) is 6.04 Å². The highest BCUT2D eigenvalue weighted by Crippen LogP contribution is 2.36. The second kappa shape index (κ2) is 5.85. The van der Waals surface area contributed by atoms with Crippen molar-refractivity contribution in [2.24, 2.45) is 0 Å². The van der Waals surface area contributed by atoms with Gasteiger partial charge in [-0.3, -0.25) is 4.90 Å². The van der Waals surface area contributed by atoms with E-state index in [0.29, 0.717) is 6.04 Å². The minimum Gasteiger partial charge on any atom is -0.289 e. The average Bonchev–Trinajstić information content (AvgIpc) is 3.30. The molecule has 1 atom stereocenters. The first-order chi connectivity index (χ1) is 10.4.